The lowest BCUT2D eigenvalue weighted by molar-refractivity contribution is -0.161. The van der Waals surface area contributed by atoms with Gasteiger partial charge in [-0.3, -0.25) is 37.3 Å². The zero-order chi connectivity index (χ0) is 74.6. The summed E-state index contributed by atoms with van der Waals surface area (Å²) >= 11 is 0. The molecule has 0 aliphatic rings. The first-order valence-electron chi connectivity index (χ1n) is 40.5. The van der Waals surface area contributed by atoms with Gasteiger partial charge in [-0.1, -0.05) is 305 Å². The molecule has 2 unspecified atom stereocenters. The summed E-state index contributed by atoms with van der Waals surface area (Å²) in [6, 6.07) is 0. The lowest BCUT2D eigenvalue weighted by Crippen LogP contribution is -2.30. The fourth-order valence-corrected chi connectivity index (χ4v) is 12.5. The summed E-state index contributed by atoms with van der Waals surface area (Å²) in [5, 5.41) is 10.6. The topological polar surface area (TPSA) is 237 Å². The standard InChI is InChI=1S/C83H146O17P2/c1-5-9-13-17-21-25-29-33-36-37-38-39-42-46-50-54-58-62-66-70-83(88)100-78(73-93-80(85)67-63-59-55-51-47-43-32-28-24-20-16-12-8-4)75-97-101(89,90)95-71-77(84)72-96-102(91,92)98-76-79(99-82(87)69-65-61-57-53-49-45-41-35-31-27-23-19-15-11-7-3)74-94-81(86)68-64-60-56-52-48-44-40-34-30-26-22-18-14-10-6-2/h9,13,21,25,27,31,33-34,36,38-40,46,50,58,62,77-79,84H,5-8,10-12,14-20,22-24,26,28-30,32,35,37,41-45,47-49,51-57,59-61,63-76H2,1-4H3,(H,89,90)(H,91,92)/b13-9-,25-21-,31-27-,36-33-,39-38-,40-34-,50-46-,62-58-/t77-,78+,79+/m0/s1. The van der Waals surface area contributed by atoms with E-state index in [1.165, 1.54) is 122 Å². The molecule has 0 aliphatic heterocycles. The average Bonchev–Trinajstić information content (AvgIpc) is 0.924. The van der Waals surface area contributed by atoms with E-state index in [0.29, 0.717) is 32.1 Å². The molecule has 590 valence electrons. The molecule has 102 heavy (non-hydrogen) atoms. The number of rotatable bonds is 76. The minimum Gasteiger partial charge on any atom is -0.462 e. The number of ether oxygens (including phenoxy) is 4. The van der Waals surface area contributed by atoms with Gasteiger partial charge in [0.25, 0.3) is 0 Å². The van der Waals surface area contributed by atoms with Crippen LogP contribution in [0.4, 0.5) is 0 Å². The van der Waals surface area contributed by atoms with Crippen LogP contribution in [0.2, 0.25) is 0 Å². The number of phosphoric ester groups is 2. The first-order chi connectivity index (χ1) is 49.7. The Hall–Kier alpha value is -4.02. The highest BCUT2D eigenvalue weighted by molar-refractivity contribution is 7.47. The van der Waals surface area contributed by atoms with E-state index in [4.69, 9.17) is 37.0 Å². The van der Waals surface area contributed by atoms with Gasteiger partial charge in [0.1, 0.15) is 19.3 Å². The number of hydrogen-bond acceptors (Lipinski definition) is 15. The lowest BCUT2D eigenvalue weighted by atomic mass is 10.0. The molecule has 0 aromatic carbocycles. The second-order valence-electron chi connectivity index (χ2n) is 27.0. The van der Waals surface area contributed by atoms with Gasteiger partial charge in [-0.2, -0.15) is 0 Å². The van der Waals surface area contributed by atoms with Crippen LogP contribution in [0.3, 0.4) is 0 Å². The van der Waals surface area contributed by atoms with E-state index in [0.717, 1.165) is 141 Å². The molecule has 0 fully saturated rings. The summed E-state index contributed by atoms with van der Waals surface area (Å²) in [7, 11) is -9.98. The van der Waals surface area contributed by atoms with Gasteiger partial charge in [0, 0.05) is 25.7 Å². The molecule has 0 saturated carbocycles. The molecule has 19 heteroatoms. The number of aliphatic hydroxyl groups excluding tert-OH is 1. The van der Waals surface area contributed by atoms with E-state index in [-0.39, 0.29) is 25.7 Å². The van der Waals surface area contributed by atoms with Crippen molar-refractivity contribution in [1.29, 1.82) is 0 Å². The Labute approximate surface area is 620 Å². The molecule has 3 N–H and O–H groups in total. The van der Waals surface area contributed by atoms with Crippen LogP contribution in [-0.4, -0.2) is 96.7 Å². The van der Waals surface area contributed by atoms with E-state index in [1.54, 1.807) is 0 Å². The van der Waals surface area contributed by atoms with Crippen LogP contribution in [0.5, 0.6) is 0 Å². The lowest BCUT2D eigenvalue weighted by Gasteiger charge is -2.21. The van der Waals surface area contributed by atoms with E-state index < -0.39 is 97.5 Å². The van der Waals surface area contributed by atoms with Gasteiger partial charge in [-0.15, -0.1) is 0 Å². The van der Waals surface area contributed by atoms with Gasteiger partial charge in [0.15, 0.2) is 12.2 Å². The number of unbranched alkanes of at least 4 members (excludes halogenated alkanes) is 34. The Morgan fingerprint density at radius 2 is 0.529 bits per heavy atom. The summed E-state index contributed by atoms with van der Waals surface area (Å²) in [5.74, 6) is -2.27. The monoisotopic (exact) mass is 1480 g/mol. The first kappa shape index (κ1) is 98.0. The van der Waals surface area contributed by atoms with E-state index >= 15 is 0 Å². The summed E-state index contributed by atoms with van der Waals surface area (Å²) in [5.41, 5.74) is 0. The van der Waals surface area contributed by atoms with E-state index in [9.17, 15) is 43.2 Å². The van der Waals surface area contributed by atoms with Gasteiger partial charge in [-0.05, 0) is 116 Å². The van der Waals surface area contributed by atoms with Crippen molar-refractivity contribution < 1.29 is 80.2 Å². The summed E-state index contributed by atoms with van der Waals surface area (Å²) in [6.07, 6.45) is 79.7. The smallest absolute Gasteiger partial charge is 0.462 e. The molecular formula is C83H146O17P2. The van der Waals surface area contributed by atoms with Crippen LogP contribution in [0, 0.1) is 0 Å². The van der Waals surface area contributed by atoms with Crippen molar-refractivity contribution in [2.75, 3.05) is 39.6 Å². The third-order valence-corrected chi connectivity index (χ3v) is 18.9. The van der Waals surface area contributed by atoms with E-state index in [1.807, 2.05) is 18.2 Å². The van der Waals surface area contributed by atoms with Crippen LogP contribution < -0.4 is 0 Å². The highest BCUT2D eigenvalue weighted by atomic mass is 31.2. The van der Waals surface area contributed by atoms with Crippen LogP contribution in [0.25, 0.3) is 0 Å². The molecule has 5 atom stereocenters. The van der Waals surface area contributed by atoms with Crippen LogP contribution >= 0.6 is 15.6 Å². The minimum atomic E-state index is -4.99. The van der Waals surface area contributed by atoms with Crippen molar-refractivity contribution in [2.45, 2.75) is 367 Å². The predicted molar refractivity (Wildman–Crippen MR) is 418 cm³/mol. The normalized spacial score (nSPS) is 14.4. The summed E-state index contributed by atoms with van der Waals surface area (Å²) in [6.45, 7) is 4.69. The minimum absolute atomic E-state index is 0.0284. The van der Waals surface area contributed by atoms with Crippen LogP contribution in [-0.2, 0) is 65.4 Å². The zero-order valence-corrected chi connectivity index (χ0v) is 66.3. The Bertz CT molecular complexity index is 2310. The Morgan fingerprint density at radius 3 is 0.853 bits per heavy atom. The zero-order valence-electron chi connectivity index (χ0n) is 64.5. The second kappa shape index (κ2) is 75.2. The molecule has 0 radical (unpaired) electrons. The fourth-order valence-electron chi connectivity index (χ4n) is 10.9. The Morgan fingerprint density at radius 1 is 0.284 bits per heavy atom. The van der Waals surface area contributed by atoms with Gasteiger partial charge in [0.2, 0.25) is 0 Å². The number of esters is 4. The molecule has 0 aromatic heterocycles. The molecule has 0 aliphatic carbocycles. The van der Waals surface area contributed by atoms with Gasteiger partial charge in [-0.25, -0.2) is 9.13 Å². The van der Waals surface area contributed by atoms with Gasteiger partial charge in [0.05, 0.1) is 26.4 Å². The largest absolute Gasteiger partial charge is 0.472 e. The molecule has 0 aromatic rings. The fraction of sp³-hybridized carbons (Fsp3) is 0.759. The second-order valence-corrected chi connectivity index (χ2v) is 29.9. The Kier molecular flexibility index (Phi) is 72.3. The average molecular weight is 1480 g/mol. The molecule has 0 bridgehead atoms. The SMILES string of the molecule is CC/C=C\C/C=C\C/C=C\C/C=C\C/C=C\C/C=C\CCC(=O)O[C@H](COC(=O)CCCCCCCCCCCCCCC)COP(=O)(O)OC[C@H](O)COP(=O)(O)OC[C@@H](COC(=O)CCCCCCC/C=C\CCCCCCCC)OC(=O)CCCCCCCCC/C=C\CCCCCC. The molecular weight excluding hydrogens is 1330 g/mol. The highest BCUT2D eigenvalue weighted by Gasteiger charge is 2.30. The number of hydrogen-bond donors (Lipinski definition) is 3. The molecule has 0 saturated heterocycles. The van der Waals surface area contributed by atoms with Crippen molar-refractivity contribution in [2.24, 2.45) is 0 Å². The highest BCUT2D eigenvalue weighted by Crippen LogP contribution is 2.45. The Balaban J connectivity index is 5.41. The molecule has 0 amide bonds. The summed E-state index contributed by atoms with van der Waals surface area (Å²) < 4.78 is 68.5. The number of aliphatic hydroxyl groups is 1. The number of phosphoric acid groups is 2. The van der Waals surface area contributed by atoms with Gasteiger partial charge >= 0.3 is 39.5 Å². The molecule has 0 spiro atoms. The number of allylic oxidation sites excluding steroid dienone is 16. The van der Waals surface area contributed by atoms with Crippen LogP contribution in [0.1, 0.15) is 349 Å². The van der Waals surface area contributed by atoms with Crippen molar-refractivity contribution in [1.82, 2.24) is 0 Å². The third kappa shape index (κ3) is 74.3. The first-order valence-corrected chi connectivity index (χ1v) is 43.5. The maximum atomic E-state index is 13.1. The summed E-state index contributed by atoms with van der Waals surface area (Å²) in [4.78, 5) is 73.0. The molecule has 0 rings (SSSR count). The number of carbonyl (C=O) groups excluding carboxylic acids is 4. The van der Waals surface area contributed by atoms with Crippen molar-refractivity contribution in [3.8, 4) is 0 Å². The van der Waals surface area contributed by atoms with Crippen molar-refractivity contribution in [3.05, 3.63) is 97.2 Å². The third-order valence-electron chi connectivity index (χ3n) is 17.0. The molecule has 0 heterocycles. The van der Waals surface area contributed by atoms with Crippen molar-refractivity contribution in [3.63, 3.8) is 0 Å². The maximum absolute atomic E-state index is 13.1. The van der Waals surface area contributed by atoms with E-state index in [2.05, 4.69) is 107 Å². The molecule has 17 nitrogen and oxygen atoms in total. The predicted octanol–water partition coefficient (Wildman–Crippen LogP) is 23.6. The maximum Gasteiger partial charge on any atom is 0.472 e. The van der Waals surface area contributed by atoms with Crippen LogP contribution in [0.15, 0.2) is 97.2 Å². The van der Waals surface area contributed by atoms with Gasteiger partial charge < -0.3 is 33.8 Å². The quantitative estimate of drug-likeness (QED) is 0.0169. The van der Waals surface area contributed by atoms with Crippen molar-refractivity contribution >= 4 is 39.5 Å². The number of carbonyl (C=O) groups is 4.